The molecule has 1 aliphatic rings. The number of hydrogen-bond acceptors (Lipinski definition) is 3. The fourth-order valence-electron chi connectivity index (χ4n) is 1.87. The minimum absolute atomic E-state index is 0.0352. The number of aromatic amines is 1. The molecule has 0 spiro atoms. The van der Waals surface area contributed by atoms with Gasteiger partial charge in [0.25, 0.3) is 0 Å². The molecule has 0 bridgehead atoms. The number of aliphatic carboxylic acids is 1. The predicted molar refractivity (Wildman–Crippen MR) is 52.4 cm³/mol. The average molecular weight is 210 g/mol. The number of hydrogen-bond donors (Lipinski definition) is 3. The maximum absolute atomic E-state index is 10.3. The van der Waals surface area contributed by atoms with E-state index in [1.807, 2.05) is 0 Å². The first-order valence-electron chi connectivity index (χ1n) is 5.14. The molecule has 1 unspecified atom stereocenters. The lowest BCUT2D eigenvalue weighted by atomic mass is 10.2. The van der Waals surface area contributed by atoms with Gasteiger partial charge in [0.05, 0.1) is 5.69 Å². The Bertz CT molecular complexity index is 351. The molecule has 1 aromatic rings. The molecule has 1 heterocycles. The molecule has 5 nitrogen and oxygen atoms in total. The highest BCUT2D eigenvalue weighted by molar-refractivity contribution is 5.66. The van der Waals surface area contributed by atoms with Gasteiger partial charge in [0, 0.05) is 12.1 Å². The van der Waals surface area contributed by atoms with Gasteiger partial charge in [0.1, 0.15) is 11.9 Å². The Morgan fingerprint density at radius 2 is 2.33 bits per heavy atom. The molecule has 1 aromatic heterocycles. The molecular weight excluding hydrogens is 196 g/mol. The van der Waals surface area contributed by atoms with Crippen molar-refractivity contribution in [3.8, 4) is 0 Å². The van der Waals surface area contributed by atoms with Crippen molar-refractivity contribution in [1.82, 2.24) is 9.97 Å². The average Bonchev–Trinajstić information content (AvgIpc) is 2.72. The number of aliphatic hydroxyl groups is 1. The molecule has 1 atom stereocenters. The first kappa shape index (κ1) is 10.2. The topological polar surface area (TPSA) is 86.2 Å². The van der Waals surface area contributed by atoms with E-state index in [9.17, 15) is 9.90 Å². The quantitative estimate of drug-likeness (QED) is 0.686. The van der Waals surface area contributed by atoms with E-state index in [1.165, 1.54) is 0 Å². The molecule has 0 saturated carbocycles. The van der Waals surface area contributed by atoms with Crippen LogP contribution in [0.4, 0.5) is 0 Å². The van der Waals surface area contributed by atoms with Crippen molar-refractivity contribution >= 4 is 5.97 Å². The Hall–Kier alpha value is -1.36. The van der Waals surface area contributed by atoms with Crippen LogP contribution < -0.4 is 0 Å². The lowest BCUT2D eigenvalue weighted by molar-refractivity contribution is -0.137. The van der Waals surface area contributed by atoms with Crippen LogP contribution in [0.25, 0.3) is 0 Å². The Balaban J connectivity index is 1.99. The number of carboxylic acid groups (broad SMARTS) is 1. The number of nitrogens with zero attached hydrogens (tertiary/aromatic N) is 1. The van der Waals surface area contributed by atoms with Gasteiger partial charge in [-0.15, -0.1) is 0 Å². The number of rotatable bonds is 4. The maximum Gasteiger partial charge on any atom is 0.303 e. The molecule has 1 aliphatic carbocycles. The van der Waals surface area contributed by atoms with E-state index < -0.39 is 12.1 Å². The number of fused-ring (bicyclic) bond motifs is 1. The van der Waals surface area contributed by atoms with Crippen molar-refractivity contribution in [1.29, 1.82) is 0 Å². The minimum atomic E-state index is -0.895. The summed E-state index contributed by atoms with van der Waals surface area (Å²) in [5.74, 6) is -0.380. The molecule has 0 amide bonds. The SMILES string of the molecule is O=C(O)CCC(O)c1nc2c([nH]1)CCC2. The first-order valence-corrected chi connectivity index (χ1v) is 5.14. The highest BCUT2D eigenvalue weighted by Gasteiger charge is 2.20. The van der Waals surface area contributed by atoms with Crippen LogP contribution >= 0.6 is 0 Å². The number of carbonyl (C=O) groups is 1. The second-order valence-corrected chi connectivity index (χ2v) is 3.85. The number of aliphatic hydroxyl groups excluding tert-OH is 1. The number of H-pyrrole nitrogens is 1. The van der Waals surface area contributed by atoms with Gasteiger partial charge in [0.15, 0.2) is 0 Å². The van der Waals surface area contributed by atoms with E-state index in [-0.39, 0.29) is 12.8 Å². The van der Waals surface area contributed by atoms with Crippen LogP contribution in [-0.4, -0.2) is 26.2 Å². The van der Waals surface area contributed by atoms with Gasteiger partial charge >= 0.3 is 5.97 Å². The van der Waals surface area contributed by atoms with Crippen molar-refractivity contribution < 1.29 is 15.0 Å². The standard InChI is InChI=1S/C10H14N2O3/c13-8(4-5-9(14)15)10-11-6-2-1-3-7(6)12-10/h8,13H,1-5H2,(H,11,12)(H,14,15). The van der Waals surface area contributed by atoms with Gasteiger partial charge in [-0.25, -0.2) is 4.98 Å². The van der Waals surface area contributed by atoms with Crippen LogP contribution in [0.1, 0.15) is 42.6 Å². The second kappa shape index (κ2) is 4.02. The molecule has 0 aromatic carbocycles. The molecule has 82 valence electrons. The number of aryl methyl sites for hydroxylation is 2. The number of nitrogens with one attached hydrogen (secondary N) is 1. The summed E-state index contributed by atoms with van der Waals surface area (Å²) in [6.45, 7) is 0. The van der Waals surface area contributed by atoms with Crippen LogP contribution in [0.5, 0.6) is 0 Å². The largest absolute Gasteiger partial charge is 0.481 e. The Morgan fingerprint density at radius 1 is 1.53 bits per heavy atom. The summed E-state index contributed by atoms with van der Waals surface area (Å²) in [7, 11) is 0. The van der Waals surface area contributed by atoms with E-state index in [4.69, 9.17) is 5.11 Å². The normalized spacial score (nSPS) is 16.3. The van der Waals surface area contributed by atoms with E-state index in [1.54, 1.807) is 0 Å². The van der Waals surface area contributed by atoms with Crippen molar-refractivity contribution in [2.24, 2.45) is 0 Å². The molecule has 0 aliphatic heterocycles. The molecule has 15 heavy (non-hydrogen) atoms. The van der Waals surface area contributed by atoms with Gasteiger partial charge in [0.2, 0.25) is 0 Å². The first-order chi connectivity index (χ1) is 7.16. The zero-order valence-electron chi connectivity index (χ0n) is 8.36. The van der Waals surface area contributed by atoms with Crippen LogP contribution in [0, 0.1) is 0 Å². The highest BCUT2D eigenvalue weighted by Crippen LogP contribution is 2.23. The highest BCUT2D eigenvalue weighted by atomic mass is 16.4. The lowest BCUT2D eigenvalue weighted by Crippen LogP contribution is -2.04. The van der Waals surface area contributed by atoms with E-state index in [0.717, 1.165) is 30.7 Å². The summed E-state index contributed by atoms with van der Waals surface area (Å²) in [5, 5.41) is 18.2. The maximum atomic E-state index is 10.3. The molecule has 5 heteroatoms. The zero-order valence-corrected chi connectivity index (χ0v) is 8.36. The van der Waals surface area contributed by atoms with Crippen LogP contribution in [0.15, 0.2) is 0 Å². The van der Waals surface area contributed by atoms with E-state index >= 15 is 0 Å². The Labute approximate surface area is 87.2 Å². The molecule has 2 rings (SSSR count). The van der Waals surface area contributed by atoms with Gasteiger partial charge < -0.3 is 15.2 Å². The Morgan fingerprint density at radius 3 is 3.00 bits per heavy atom. The third kappa shape index (κ3) is 2.18. The third-order valence-electron chi connectivity index (χ3n) is 2.67. The monoisotopic (exact) mass is 210 g/mol. The lowest BCUT2D eigenvalue weighted by Gasteiger charge is -2.05. The van der Waals surface area contributed by atoms with E-state index in [2.05, 4.69) is 9.97 Å². The van der Waals surface area contributed by atoms with Crippen molar-refractivity contribution in [2.45, 2.75) is 38.2 Å². The molecule has 3 N–H and O–H groups in total. The number of carboxylic acids is 1. The smallest absolute Gasteiger partial charge is 0.303 e. The molecule has 0 fully saturated rings. The van der Waals surface area contributed by atoms with Gasteiger partial charge in [-0.1, -0.05) is 0 Å². The summed E-state index contributed by atoms with van der Waals surface area (Å²) < 4.78 is 0. The number of imidazole rings is 1. The summed E-state index contributed by atoms with van der Waals surface area (Å²) in [6.07, 6.45) is 2.44. The van der Waals surface area contributed by atoms with Crippen LogP contribution in [0.2, 0.25) is 0 Å². The van der Waals surface area contributed by atoms with Crippen molar-refractivity contribution in [2.75, 3.05) is 0 Å². The summed E-state index contributed by atoms with van der Waals surface area (Å²) in [5.41, 5.74) is 2.12. The predicted octanol–water partition coefficient (Wildman–Crippen LogP) is 0.797. The molecule has 0 saturated heterocycles. The van der Waals surface area contributed by atoms with Gasteiger partial charge in [-0.2, -0.15) is 0 Å². The fraction of sp³-hybridized carbons (Fsp3) is 0.600. The summed E-state index contributed by atoms with van der Waals surface area (Å²) >= 11 is 0. The minimum Gasteiger partial charge on any atom is -0.481 e. The van der Waals surface area contributed by atoms with Crippen LogP contribution in [-0.2, 0) is 17.6 Å². The zero-order chi connectivity index (χ0) is 10.8. The Kier molecular flexibility index (Phi) is 2.73. The third-order valence-corrected chi connectivity index (χ3v) is 2.67. The fourth-order valence-corrected chi connectivity index (χ4v) is 1.87. The van der Waals surface area contributed by atoms with Crippen molar-refractivity contribution in [3.63, 3.8) is 0 Å². The molecular formula is C10H14N2O3. The summed E-state index contributed by atoms with van der Waals surface area (Å²) in [6, 6.07) is 0. The van der Waals surface area contributed by atoms with Gasteiger partial charge in [-0.05, 0) is 25.7 Å². The second-order valence-electron chi connectivity index (χ2n) is 3.85. The molecule has 0 radical (unpaired) electrons. The summed E-state index contributed by atoms with van der Waals surface area (Å²) in [4.78, 5) is 17.7. The number of aromatic nitrogens is 2. The van der Waals surface area contributed by atoms with Gasteiger partial charge in [-0.3, -0.25) is 4.79 Å². The van der Waals surface area contributed by atoms with E-state index in [0.29, 0.717) is 5.82 Å². The van der Waals surface area contributed by atoms with Crippen LogP contribution in [0.3, 0.4) is 0 Å². The van der Waals surface area contributed by atoms with Crippen molar-refractivity contribution in [3.05, 3.63) is 17.2 Å².